The van der Waals surface area contributed by atoms with E-state index in [0.717, 1.165) is 0 Å². The molecule has 42 valence electrons. The van der Waals surface area contributed by atoms with Gasteiger partial charge >= 0.3 is 57.7 Å². The average Bonchev–Trinajstić information content (AvgIpc) is 2.33. The van der Waals surface area contributed by atoms with Gasteiger partial charge in [-0.2, -0.15) is 0 Å². The maximum atomic E-state index is 2.14. The van der Waals surface area contributed by atoms with E-state index in [9.17, 15) is 0 Å². The van der Waals surface area contributed by atoms with Crippen LogP contribution in [0.5, 0.6) is 0 Å². The number of hydrogen-bond donors (Lipinski definition) is 0. The summed E-state index contributed by atoms with van der Waals surface area (Å²) in [4.78, 5) is 0. The topological polar surface area (TPSA) is 0 Å². The van der Waals surface area contributed by atoms with Crippen molar-refractivity contribution >= 4 is 27.4 Å². The Morgan fingerprint density at radius 1 is 1.22 bits per heavy atom. The Hall–Kier alpha value is -0.625. The Labute approximate surface area is 58.2 Å². The van der Waals surface area contributed by atoms with E-state index < -0.39 is 0 Å². The fourth-order valence-corrected chi connectivity index (χ4v) is 1.70. The van der Waals surface area contributed by atoms with Crippen LogP contribution >= 0.6 is 11.2 Å². The zero-order chi connectivity index (χ0) is 6.10. The van der Waals surface area contributed by atoms with E-state index in [1.807, 2.05) is 0 Å². The molecule has 0 saturated carbocycles. The van der Waals surface area contributed by atoms with Crippen LogP contribution in [0.3, 0.4) is 0 Å². The standard InChI is InChI=1S/C7H5BS/c1-2-4-7-6(3-1)5-8-9-7/h1-5H. The second-order valence-electron chi connectivity index (χ2n) is 1.96. The Morgan fingerprint density at radius 3 is 3.00 bits per heavy atom. The molecule has 0 unspecified atom stereocenters. The summed E-state index contributed by atoms with van der Waals surface area (Å²) in [5, 5.41) is 1.35. The normalized spacial score (nSPS) is 9.78. The van der Waals surface area contributed by atoms with Crippen LogP contribution < -0.4 is 0 Å². The summed E-state index contributed by atoms with van der Waals surface area (Å²) >= 11 is 1.79. The molecular weight excluding hydrogens is 127 g/mol. The molecular formula is C7H5BS. The van der Waals surface area contributed by atoms with E-state index >= 15 is 0 Å². The molecule has 0 spiro atoms. The van der Waals surface area contributed by atoms with E-state index in [-0.39, 0.29) is 0 Å². The van der Waals surface area contributed by atoms with Gasteiger partial charge in [0.15, 0.2) is 0 Å². The van der Waals surface area contributed by atoms with E-state index in [0.29, 0.717) is 0 Å². The van der Waals surface area contributed by atoms with Crippen molar-refractivity contribution in [1.29, 1.82) is 0 Å². The number of benzene rings is 1. The molecule has 0 aliphatic carbocycles. The second kappa shape index (κ2) is 1.96. The Kier molecular flexibility index (Phi) is 1.13. The van der Waals surface area contributed by atoms with Crippen LogP contribution in [0.25, 0.3) is 10.1 Å². The van der Waals surface area contributed by atoms with Crippen molar-refractivity contribution in [1.82, 2.24) is 0 Å². The van der Waals surface area contributed by atoms with Crippen molar-refractivity contribution in [3.8, 4) is 0 Å². The molecule has 2 rings (SSSR count). The molecule has 0 aliphatic heterocycles. The molecule has 0 aliphatic rings. The van der Waals surface area contributed by atoms with Gasteiger partial charge in [-0.1, -0.05) is 0 Å². The monoisotopic (exact) mass is 132 g/mol. The number of hydrogen-bond acceptors (Lipinski definition) is 1. The average molecular weight is 132 g/mol. The van der Waals surface area contributed by atoms with Gasteiger partial charge in [0.2, 0.25) is 0 Å². The maximum absolute atomic E-state index is 2.14. The summed E-state index contributed by atoms with van der Waals surface area (Å²) < 4.78 is 1.37. The van der Waals surface area contributed by atoms with Crippen LogP contribution in [-0.4, -0.2) is 6.17 Å². The molecule has 0 fully saturated rings. The molecule has 0 nitrogen and oxygen atoms in total. The molecule has 0 radical (unpaired) electrons. The molecule has 1 aromatic heterocycles. The third-order valence-corrected chi connectivity index (χ3v) is 2.26. The quantitative estimate of drug-likeness (QED) is 0.515. The molecule has 2 aromatic rings. The minimum absolute atomic E-state index is 1.35. The molecule has 0 amide bonds. The van der Waals surface area contributed by atoms with Crippen molar-refractivity contribution in [2.75, 3.05) is 0 Å². The summed E-state index contributed by atoms with van der Waals surface area (Å²) in [5.41, 5.74) is 0. The first-order valence-corrected chi connectivity index (χ1v) is 3.77. The first-order chi connectivity index (χ1) is 4.47. The first kappa shape index (κ1) is 5.18. The fraction of sp³-hybridized carbons (Fsp3) is 0. The van der Waals surface area contributed by atoms with Gasteiger partial charge in [-0.05, 0) is 0 Å². The van der Waals surface area contributed by atoms with Gasteiger partial charge < -0.3 is 0 Å². The zero-order valence-electron chi connectivity index (χ0n) is 4.87. The number of fused-ring (bicyclic) bond motifs is 1. The van der Waals surface area contributed by atoms with Crippen LogP contribution in [0, 0.1) is 0 Å². The van der Waals surface area contributed by atoms with Gasteiger partial charge in [-0.25, -0.2) is 0 Å². The molecule has 2 heteroatoms. The van der Waals surface area contributed by atoms with E-state index in [1.54, 1.807) is 11.2 Å². The molecule has 1 heterocycles. The predicted molar refractivity (Wildman–Crippen MR) is 43.2 cm³/mol. The Balaban J connectivity index is 2.95. The fourth-order valence-electron chi connectivity index (χ4n) is 0.906. The predicted octanol–water partition coefficient (Wildman–Crippen LogP) is 2.24. The van der Waals surface area contributed by atoms with Crippen LogP contribution in [0.4, 0.5) is 0 Å². The van der Waals surface area contributed by atoms with E-state index in [2.05, 4.69) is 36.4 Å². The van der Waals surface area contributed by atoms with Gasteiger partial charge in [0.25, 0.3) is 0 Å². The Morgan fingerprint density at radius 2 is 2.11 bits per heavy atom. The van der Waals surface area contributed by atoms with Gasteiger partial charge in [0, 0.05) is 0 Å². The van der Waals surface area contributed by atoms with Crippen LogP contribution in [-0.2, 0) is 0 Å². The van der Waals surface area contributed by atoms with E-state index in [1.165, 1.54) is 10.1 Å². The van der Waals surface area contributed by atoms with Crippen LogP contribution in [0.1, 0.15) is 0 Å². The molecule has 9 heavy (non-hydrogen) atoms. The third-order valence-electron chi connectivity index (χ3n) is 1.36. The molecule has 0 saturated heterocycles. The van der Waals surface area contributed by atoms with Crippen molar-refractivity contribution in [3.63, 3.8) is 0 Å². The van der Waals surface area contributed by atoms with Crippen molar-refractivity contribution < 1.29 is 0 Å². The van der Waals surface area contributed by atoms with Gasteiger partial charge in [-0.3, -0.25) is 0 Å². The molecule has 0 N–H and O–H groups in total. The third kappa shape index (κ3) is 0.795. The first-order valence-electron chi connectivity index (χ1n) is 2.89. The van der Waals surface area contributed by atoms with Crippen LogP contribution in [0.2, 0.25) is 0 Å². The zero-order valence-corrected chi connectivity index (χ0v) is 5.69. The summed E-state index contributed by atoms with van der Waals surface area (Å²) in [7, 11) is 0. The van der Waals surface area contributed by atoms with Crippen molar-refractivity contribution in [2.45, 2.75) is 0 Å². The van der Waals surface area contributed by atoms with Crippen molar-refractivity contribution in [2.24, 2.45) is 0 Å². The number of rotatable bonds is 0. The van der Waals surface area contributed by atoms with E-state index in [4.69, 9.17) is 0 Å². The molecule has 0 bridgehead atoms. The summed E-state index contributed by atoms with van der Waals surface area (Å²) in [6, 6.07) is 8.40. The molecule has 1 aromatic carbocycles. The summed E-state index contributed by atoms with van der Waals surface area (Å²) in [5.74, 6) is 2.14. The SMILES string of the molecule is b1cc2ccccc2s1. The van der Waals surface area contributed by atoms with Crippen LogP contribution in [0.15, 0.2) is 30.2 Å². The second-order valence-corrected chi connectivity index (χ2v) is 2.91. The van der Waals surface area contributed by atoms with Gasteiger partial charge in [0.05, 0.1) is 0 Å². The van der Waals surface area contributed by atoms with Crippen molar-refractivity contribution in [3.05, 3.63) is 30.2 Å². The van der Waals surface area contributed by atoms with Gasteiger partial charge in [0.1, 0.15) is 0 Å². The Bertz CT molecular complexity index is 283. The summed E-state index contributed by atoms with van der Waals surface area (Å²) in [6.07, 6.45) is 2.12. The minimum atomic E-state index is 1.35. The van der Waals surface area contributed by atoms with Gasteiger partial charge in [-0.15, -0.1) is 0 Å². The summed E-state index contributed by atoms with van der Waals surface area (Å²) in [6.45, 7) is 0. The molecule has 0 atom stereocenters.